The predicted octanol–water partition coefficient (Wildman–Crippen LogP) is 3.80. The van der Waals surface area contributed by atoms with Crippen LogP contribution in [0.1, 0.15) is 17.5 Å². The van der Waals surface area contributed by atoms with Gasteiger partial charge in [0.25, 0.3) is 0 Å². The van der Waals surface area contributed by atoms with Crippen molar-refractivity contribution in [3.05, 3.63) is 71.8 Å². The maximum absolute atomic E-state index is 9.83. The predicted molar refractivity (Wildman–Crippen MR) is 96.0 cm³/mol. The van der Waals surface area contributed by atoms with Gasteiger partial charge in [0.1, 0.15) is 0 Å². The highest BCUT2D eigenvalue weighted by molar-refractivity contribution is 7.98. The lowest BCUT2D eigenvalue weighted by molar-refractivity contribution is 0.107. The molecule has 0 heterocycles. The van der Waals surface area contributed by atoms with Crippen LogP contribution in [-0.2, 0) is 13.1 Å². The summed E-state index contributed by atoms with van der Waals surface area (Å²) in [6.07, 6.45) is 3.13. The van der Waals surface area contributed by atoms with Crippen LogP contribution < -0.4 is 0 Å². The Morgan fingerprint density at radius 3 is 1.82 bits per heavy atom. The summed E-state index contributed by atoms with van der Waals surface area (Å²) >= 11 is 1.84. The van der Waals surface area contributed by atoms with Crippen molar-refractivity contribution in [1.29, 1.82) is 0 Å². The monoisotopic (exact) mass is 315 g/mol. The third kappa shape index (κ3) is 5.48. The summed E-state index contributed by atoms with van der Waals surface area (Å²) in [6.45, 7) is 1.95. The zero-order valence-electron chi connectivity index (χ0n) is 13.2. The molecule has 0 fully saturated rings. The van der Waals surface area contributed by atoms with Crippen LogP contribution in [0.2, 0.25) is 0 Å². The van der Waals surface area contributed by atoms with Crippen LogP contribution >= 0.6 is 11.8 Å². The second-order valence-electron chi connectivity index (χ2n) is 5.49. The van der Waals surface area contributed by atoms with Gasteiger partial charge in [0.05, 0.1) is 6.61 Å². The minimum atomic E-state index is 0.202. The lowest BCUT2D eigenvalue weighted by Gasteiger charge is -2.30. The average molecular weight is 315 g/mol. The Labute approximate surface area is 138 Å². The van der Waals surface area contributed by atoms with Gasteiger partial charge in [0.15, 0.2) is 0 Å². The van der Waals surface area contributed by atoms with Gasteiger partial charge < -0.3 is 5.11 Å². The van der Waals surface area contributed by atoms with Gasteiger partial charge in [0, 0.05) is 19.1 Å². The molecule has 0 radical (unpaired) electrons. The van der Waals surface area contributed by atoms with E-state index >= 15 is 0 Å². The molecule has 0 saturated heterocycles. The van der Waals surface area contributed by atoms with Crippen molar-refractivity contribution in [2.24, 2.45) is 0 Å². The van der Waals surface area contributed by atoms with E-state index in [-0.39, 0.29) is 12.6 Å². The first kappa shape index (κ1) is 17.1. The Morgan fingerprint density at radius 2 is 1.41 bits per heavy atom. The third-order valence-corrected chi connectivity index (χ3v) is 4.48. The number of rotatable bonds is 9. The Kier molecular flexibility index (Phi) is 7.50. The van der Waals surface area contributed by atoms with E-state index in [2.05, 4.69) is 59.7 Å². The largest absolute Gasteiger partial charge is 0.395 e. The van der Waals surface area contributed by atoms with Crippen molar-refractivity contribution in [2.45, 2.75) is 25.6 Å². The van der Waals surface area contributed by atoms with Crippen LogP contribution in [0.3, 0.4) is 0 Å². The molecule has 0 aliphatic heterocycles. The molecule has 22 heavy (non-hydrogen) atoms. The van der Waals surface area contributed by atoms with Crippen LogP contribution in [0.15, 0.2) is 60.7 Å². The first-order chi connectivity index (χ1) is 10.8. The van der Waals surface area contributed by atoms with Gasteiger partial charge in [-0.3, -0.25) is 4.90 Å². The number of hydrogen-bond acceptors (Lipinski definition) is 3. The molecule has 0 unspecified atom stereocenters. The van der Waals surface area contributed by atoms with E-state index < -0.39 is 0 Å². The summed E-state index contributed by atoms with van der Waals surface area (Å²) in [7, 11) is 0. The normalized spacial score (nSPS) is 12.5. The lowest BCUT2D eigenvalue weighted by atomic mass is 10.1. The van der Waals surface area contributed by atoms with Crippen LogP contribution in [0, 0.1) is 0 Å². The first-order valence-electron chi connectivity index (χ1n) is 7.75. The minimum Gasteiger partial charge on any atom is -0.395 e. The molecule has 0 aliphatic rings. The summed E-state index contributed by atoms with van der Waals surface area (Å²) in [6, 6.07) is 21.2. The topological polar surface area (TPSA) is 23.5 Å². The van der Waals surface area contributed by atoms with E-state index in [1.807, 2.05) is 23.9 Å². The van der Waals surface area contributed by atoms with E-state index in [0.29, 0.717) is 0 Å². The molecule has 2 nitrogen and oxygen atoms in total. The highest BCUT2D eigenvalue weighted by Crippen LogP contribution is 2.16. The van der Waals surface area contributed by atoms with Gasteiger partial charge in [-0.05, 0) is 29.6 Å². The smallest absolute Gasteiger partial charge is 0.0587 e. The van der Waals surface area contributed by atoms with Crippen LogP contribution in [-0.4, -0.2) is 34.7 Å². The van der Waals surface area contributed by atoms with Crippen molar-refractivity contribution >= 4 is 11.8 Å². The molecule has 118 valence electrons. The van der Waals surface area contributed by atoms with Gasteiger partial charge >= 0.3 is 0 Å². The fourth-order valence-corrected chi connectivity index (χ4v) is 3.10. The summed E-state index contributed by atoms with van der Waals surface area (Å²) in [4.78, 5) is 2.39. The van der Waals surface area contributed by atoms with Crippen LogP contribution in [0.4, 0.5) is 0 Å². The molecular weight excluding hydrogens is 290 g/mol. The summed E-state index contributed by atoms with van der Waals surface area (Å²) < 4.78 is 0. The Balaban J connectivity index is 2.11. The molecule has 1 N–H and O–H groups in total. The Bertz CT molecular complexity index is 476. The van der Waals surface area contributed by atoms with E-state index in [4.69, 9.17) is 0 Å². The molecule has 0 bridgehead atoms. The van der Waals surface area contributed by atoms with Gasteiger partial charge in [0.2, 0.25) is 0 Å². The van der Waals surface area contributed by atoms with Crippen molar-refractivity contribution in [2.75, 3.05) is 18.6 Å². The first-order valence-corrected chi connectivity index (χ1v) is 9.14. The summed E-state index contributed by atoms with van der Waals surface area (Å²) in [5, 5.41) is 9.83. The fraction of sp³-hybridized carbons (Fsp3) is 0.368. The molecule has 0 aromatic heterocycles. The standard InChI is InChI=1S/C19H25NOS/c1-22-13-12-19(16-21)20(14-17-8-4-2-5-9-17)15-18-10-6-3-7-11-18/h2-11,19,21H,12-16H2,1H3/t19-/m0/s1. The number of hydrogen-bond donors (Lipinski definition) is 1. The quantitative estimate of drug-likeness (QED) is 0.761. The van der Waals surface area contributed by atoms with E-state index in [1.54, 1.807) is 0 Å². The Morgan fingerprint density at radius 1 is 0.909 bits per heavy atom. The molecule has 3 heteroatoms. The second kappa shape index (κ2) is 9.67. The molecule has 0 amide bonds. The second-order valence-corrected chi connectivity index (χ2v) is 6.48. The van der Waals surface area contributed by atoms with Crippen molar-refractivity contribution < 1.29 is 5.11 Å². The number of benzene rings is 2. The van der Waals surface area contributed by atoms with Crippen molar-refractivity contribution in [3.8, 4) is 0 Å². The maximum Gasteiger partial charge on any atom is 0.0587 e. The van der Waals surface area contributed by atoms with E-state index in [0.717, 1.165) is 25.3 Å². The summed E-state index contributed by atoms with van der Waals surface area (Å²) in [5.74, 6) is 1.07. The molecule has 0 saturated carbocycles. The minimum absolute atomic E-state index is 0.202. The molecule has 0 aliphatic carbocycles. The molecular formula is C19H25NOS. The highest BCUT2D eigenvalue weighted by Gasteiger charge is 2.18. The average Bonchev–Trinajstić information content (AvgIpc) is 2.57. The third-order valence-electron chi connectivity index (χ3n) is 3.84. The number of thioether (sulfide) groups is 1. The zero-order chi connectivity index (χ0) is 15.6. The van der Waals surface area contributed by atoms with Crippen molar-refractivity contribution in [1.82, 2.24) is 4.90 Å². The lowest BCUT2D eigenvalue weighted by Crippen LogP contribution is -2.37. The maximum atomic E-state index is 9.83. The molecule has 2 aromatic carbocycles. The van der Waals surface area contributed by atoms with Gasteiger partial charge in [-0.25, -0.2) is 0 Å². The summed E-state index contributed by atoms with van der Waals surface area (Å²) in [5.41, 5.74) is 2.59. The highest BCUT2D eigenvalue weighted by atomic mass is 32.2. The fourth-order valence-electron chi connectivity index (χ4n) is 2.59. The SMILES string of the molecule is CSCC[C@@H](CO)N(Cc1ccccc1)Cc1ccccc1. The van der Waals surface area contributed by atoms with Crippen molar-refractivity contribution in [3.63, 3.8) is 0 Å². The van der Waals surface area contributed by atoms with Crippen LogP contribution in [0.5, 0.6) is 0 Å². The molecule has 1 atom stereocenters. The van der Waals surface area contributed by atoms with E-state index in [1.165, 1.54) is 11.1 Å². The number of nitrogens with zero attached hydrogens (tertiary/aromatic N) is 1. The number of aliphatic hydroxyl groups is 1. The zero-order valence-corrected chi connectivity index (χ0v) is 14.0. The van der Waals surface area contributed by atoms with Gasteiger partial charge in [-0.15, -0.1) is 0 Å². The Hall–Kier alpha value is -1.29. The molecule has 2 aromatic rings. The van der Waals surface area contributed by atoms with Crippen LogP contribution in [0.25, 0.3) is 0 Å². The van der Waals surface area contributed by atoms with E-state index in [9.17, 15) is 5.11 Å². The van der Waals surface area contributed by atoms with Gasteiger partial charge in [-0.1, -0.05) is 60.7 Å². The molecule has 2 rings (SSSR count). The molecule has 0 spiro atoms. The number of aliphatic hydroxyl groups excluding tert-OH is 1. The van der Waals surface area contributed by atoms with Gasteiger partial charge in [-0.2, -0.15) is 11.8 Å².